The summed E-state index contributed by atoms with van der Waals surface area (Å²) in [5.41, 5.74) is 3.02. The number of hydrogen-bond donors (Lipinski definition) is 0. The molecule has 0 radical (unpaired) electrons. The van der Waals surface area contributed by atoms with Gasteiger partial charge in [-0.05, 0) is 55.4 Å². The molecule has 2 unspecified atom stereocenters. The summed E-state index contributed by atoms with van der Waals surface area (Å²) in [4.78, 5) is 6.72. The number of aromatic nitrogens is 1. The van der Waals surface area contributed by atoms with Crippen LogP contribution < -0.4 is 0 Å². The quantitative estimate of drug-likeness (QED) is 0.753. The van der Waals surface area contributed by atoms with E-state index in [1.165, 1.54) is 11.1 Å². The van der Waals surface area contributed by atoms with E-state index in [0.29, 0.717) is 17.1 Å². The largest absolute Gasteiger partial charge is 0.371 e. The average Bonchev–Trinajstić information content (AvgIpc) is 2.91. The zero-order valence-corrected chi connectivity index (χ0v) is 15.7. The number of pyridine rings is 1. The minimum atomic E-state index is -0.477. The van der Waals surface area contributed by atoms with Crippen LogP contribution in [-0.4, -0.2) is 22.0 Å². The van der Waals surface area contributed by atoms with Gasteiger partial charge >= 0.3 is 0 Å². The summed E-state index contributed by atoms with van der Waals surface area (Å²) < 4.78 is 0. The molecule has 3 nitrogen and oxygen atoms in total. The molecule has 132 valence electrons. The second kappa shape index (κ2) is 6.78. The Hall–Kier alpha value is -2.31. The van der Waals surface area contributed by atoms with Gasteiger partial charge in [-0.15, -0.1) is 0 Å². The molecule has 0 amide bonds. The van der Waals surface area contributed by atoms with Crippen LogP contribution in [0.3, 0.4) is 0 Å². The first-order valence-electron chi connectivity index (χ1n) is 9.15. The number of benzene rings is 1. The Morgan fingerprint density at radius 1 is 1.23 bits per heavy atom. The molecule has 3 heterocycles. The molecule has 4 rings (SSSR count). The van der Waals surface area contributed by atoms with E-state index in [0.717, 1.165) is 31.2 Å². The van der Waals surface area contributed by atoms with Crippen molar-refractivity contribution < 1.29 is 0 Å². The molecule has 0 saturated carbocycles. The van der Waals surface area contributed by atoms with E-state index in [4.69, 9.17) is 11.6 Å². The molecule has 4 heteroatoms. The van der Waals surface area contributed by atoms with E-state index >= 15 is 0 Å². The second-order valence-corrected chi connectivity index (χ2v) is 7.94. The summed E-state index contributed by atoms with van der Waals surface area (Å²) in [7, 11) is 0. The van der Waals surface area contributed by atoms with Crippen LogP contribution in [0.4, 0.5) is 0 Å². The lowest BCUT2D eigenvalue weighted by molar-refractivity contribution is 0.159. The maximum Gasteiger partial charge on any atom is 0.0876 e. The molecular weight excluding hydrogens is 342 g/mol. The van der Waals surface area contributed by atoms with Gasteiger partial charge in [-0.1, -0.05) is 41.9 Å². The van der Waals surface area contributed by atoms with Crippen molar-refractivity contribution in [3.63, 3.8) is 0 Å². The van der Waals surface area contributed by atoms with Gasteiger partial charge < -0.3 is 4.90 Å². The van der Waals surface area contributed by atoms with Crippen LogP contribution in [0.1, 0.15) is 43.7 Å². The normalized spacial score (nSPS) is 28.0. The van der Waals surface area contributed by atoms with E-state index < -0.39 is 5.41 Å². The highest BCUT2D eigenvalue weighted by Gasteiger charge is 2.49. The molecule has 0 spiro atoms. The Bertz CT molecular complexity index is 854. The topological polar surface area (TPSA) is 39.9 Å². The van der Waals surface area contributed by atoms with Crippen LogP contribution in [0, 0.1) is 11.3 Å². The molecule has 1 aromatic carbocycles. The SMILES string of the molecule is CC(=CN1C2CCC1CC(C#N)(c1cncc(Cl)c1)C2)c1ccccc1. The first kappa shape index (κ1) is 17.1. The van der Waals surface area contributed by atoms with Gasteiger partial charge in [0, 0.05) is 30.7 Å². The molecule has 2 aliphatic heterocycles. The summed E-state index contributed by atoms with van der Waals surface area (Å²) >= 11 is 6.14. The Morgan fingerprint density at radius 2 is 1.92 bits per heavy atom. The monoisotopic (exact) mass is 363 g/mol. The van der Waals surface area contributed by atoms with Gasteiger partial charge in [-0.25, -0.2) is 0 Å². The zero-order chi connectivity index (χ0) is 18.1. The molecule has 2 saturated heterocycles. The predicted molar refractivity (Wildman–Crippen MR) is 105 cm³/mol. The highest BCUT2D eigenvalue weighted by molar-refractivity contribution is 6.30. The average molecular weight is 364 g/mol. The number of fused-ring (bicyclic) bond motifs is 2. The van der Waals surface area contributed by atoms with Gasteiger partial charge in [0.2, 0.25) is 0 Å². The maximum atomic E-state index is 10.0. The fourth-order valence-electron chi connectivity index (χ4n) is 4.56. The Kier molecular flexibility index (Phi) is 4.46. The van der Waals surface area contributed by atoms with Crippen LogP contribution in [0.15, 0.2) is 55.0 Å². The van der Waals surface area contributed by atoms with Crippen LogP contribution in [0.25, 0.3) is 5.57 Å². The smallest absolute Gasteiger partial charge is 0.0876 e. The first-order valence-corrected chi connectivity index (χ1v) is 9.53. The van der Waals surface area contributed by atoms with Gasteiger partial charge in [0.25, 0.3) is 0 Å². The van der Waals surface area contributed by atoms with Crippen molar-refractivity contribution in [2.75, 3.05) is 0 Å². The molecule has 2 bridgehead atoms. The van der Waals surface area contributed by atoms with Gasteiger partial charge in [-0.3, -0.25) is 4.98 Å². The van der Waals surface area contributed by atoms with Crippen LogP contribution in [-0.2, 0) is 5.41 Å². The van der Waals surface area contributed by atoms with Crippen LogP contribution >= 0.6 is 11.6 Å². The van der Waals surface area contributed by atoms with Crippen molar-refractivity contribution in [1.29, 1.82) is 5.26 Å². The van der Waals surface area contributed by atoms with Crippen LogP contribution in [0.5, 0.6) is 0 Å². The highest BCUT2D eigenvalue weighted by atomic mass is 35.5. The summed E-state index contributed by atoms with van der Waals surface area (Å²) in [5.74, 6) is 0. The van der Waals surface area contributed by atoms with Crippen molar-refractivity contribution in [2.45, 2.75) is 50.1 Å². The van der Waals surface area contributed by atoms with E-state index in [1.54, 1.807) is 6.20 Å². The molecule has 1 aromatic heterocycles. The second-order valence-electron chi connectivity index (χ2n) is 7.50. The summed E-state index contributed by atoms with van der Waals surface area (Å²) in [6.07, 6.45) is 9.69. The number of piperidine rings is 1. The molecule has 2 aliphatic rings. The number of hydrogen-bond acceptors (Lipinski definition) is 3. The van der Waals surface area contributed by atoms with Crippen LogP contribution in [0.2, 0.25) is 5.02 Å². The van der Waals surface area contributed by atoms with Gasteiger partial charge in [0.15, 0.2) is 0 Å². The summed E-state index contributed by atoms with van der Waals surface area (Å²) in [5, 5.41) is 10.6. The standard InChI is InChI=1S/C22H22ClN3/c1-16(17-5-3-2-4-6-17)14-26-20-7-8-21(26)11-22(10-20,15-24)18-9-19(23)13-25-12-18/h2-6,9,12-14,20-21H,7-8,10-11H2,1H3. The third-order valence-corrected chi connectivity index (χ3v) is 6.09. The molecule has 0 aliphatic carbocycles. The number of rotatable bonds is 3. The van der Waals surface area contributed by atoms with Crippen molar-refractivity contribution >= 4 is 17.2 Å². The van der Waals surface area contributed by atoms with Gasteiger partial charge in [0.05, 0.1) is 16.5 Å². The first-order chi connectivity index (χ1) is 12.6. The van der Waals surface area contributed by atoms with Crippen molar-refractivity contribution in [1.82, 2.24) is 9.88 Å². The van der Waals surface area contributed by atoms with Gasteiger partial charge in [0.1, 0.15) is 0 Å². The van der Waals surface area contributed by atoms with E-state index in [-0.39, 0.29) is 0 Å². The Balaban J connectivity index is 1.62. The number of nitrogens with zero attached hydrogens (tertiary/aromatic N) is 3. The lowest BCUT2D eigenvalue weighted by atomic mass is 9.71. The molecule has 2 aromatic rings. The number of halogens is 1. The number of allylic oxidation sites excluding steroid dienone is 1. The van der Waals surface area contributed by atoms with E-state index in [9.17, 15) is 5.26 Å². The van der Waals surface area contributed by atoms with Crippen molar-refractivity contribution in [3.8, 4) is 6.07 Å². The zero-order valence-electron chi connectivity index (χ0n) is 14.9. The fraction of sp³-hybridized carbons (Fsp3) is 0.364. The fourth-order valence-corrected chi connectivity index (χ4v) is 4.73. The molecule has 26 heavy (non-hydrogen) atoms. The third kappa shape index (κ3) is 2.99. The van der Waals surface area contributed by atoms with Crippen molar-refractivity contribution in [2.24, 2.45) is 0 Å². The highest BCUT2D eigenvalue weighted by Crippen LogP contribution is 2.47. The Labute approximate surface area is 159 Å². The molecule has 0 N–H and O–H groups in total. The summed E-state index contributed by atoms with van der Waals surface area (Å²) in [6.45, 7) is 2.17. The summed E-state index contributed by atoms with van der Waals surface area (Å²) in [6, 6.07) is 15.8. The molecular formula is C22H22ClN3. The lowest BCUT2D eigenvalue weighted by Gasteiger charge is -2.43. The number of nitriles is 1. The third-order valence-electron chi connectivity index (χ3n) is 5.89. The minimum absolute atomic E-state index is 0.394. The van der Waals surface area contributed by atoms with E-state index in [1.807, 2.05) is 18.3 Å². The Morgan fingerprint density at radius 3 is 2.54 bits per heavy atom. The maximum absolute atomic E-state index is 10.0. The molecule has 2 atom stereocenters. The molecule has 2 fully saturated rings. The van der Waals surface area contributed by atoms with Gasteiger partial charge in [-0.2, -0.15) is 5.26 Å². The lowest BCUT2D eigenvalue weighted by Crippen LogP contribution is -2.46. The predicted octanol–water partition coefficient (Wildman–Crippen LogP) is 5.18. The van der Waals surface area contributed by atoms with E-state index in [2.05, 4.69) is 53.3 Å². The minimum Gasteiger partial charge on any atom is -0.371 e. The van der Waals surface area contributed by atoms with Crippen molar-refractivity contribution in [3.05, 3.63) is 71.1 Å².